The van der Waals surface area contributed by atoms with Crippen molar-refractivity contribution in [1.82, 2.24) is 10.2 Å². The minimum absolute atomic E-state index is 0.0344. The van der Waals surface area contributed by atoms with E-state index in [1.807, 2.05) is 45.0 Å². The van der Waals surface area contributed by atoms with Crippen LogP contribution in [0.4, 0.5) is 5.69 Å². The number of hydrogen-bond acceptors (Lipinski definition) is 4. The molecule has 3 rings (SSSR count). The molecule has 0 saturated heterocycles. The number of halogens is 2. The van der Waals surface area contributed by atoms with Crippen molar-refractivity contribution in [2.45, 2.75) is 45.2 Å². The van der Waals surface area contributed by atoms with Gasteiger partial charge in [0.15, 0.2) is 0 Å². The summed E-state index contributed by atoms with van der Waals surface area (Å²) >= 11 is 12.2. The molecule has 0 aromatic heterocycles. The van der Waals surface area contributed by atoms with Gasteiger partial charge < -0.3 is 10.2 Å². The number of nitrogens with zero attached hydrogens (tertiary/aromatic N) is 2. The summed E-state index contributed by atoms with van der Waals surface area (Å²) in [7, 11) is -4.20. The molecule has 39 heavy (non-hydrogen) atoms. The average Bonchev–Trinajstić information content (AvgIpc) is 2.89. The topological polar surface area (TPSA) is 86.8 Å². The Kier molecular flexibility index (Phi) is 10.4. The summed E-state index contributed by atoms with van der Waals surface area (Å²) in [6.07, 6.45) is 0. The van der Waals surface area contributed by atoms with E-state index in [-0.39, 0.29) is 29.0 Å². The highest BCUT2D eigenvalue weighted by molar-refractivity contribution is 7.92. The number of sulfonamides is 1. The van der Waals surface area contributed by atoms with E-state index in [1.165, 1.54) is 35.2 Å². The molecule has 0 aliphatic heterocycles. The lowest BCUT2D eigenvalue weighted by molar-refractivity contribution is -0.139. The molecular weight excluding hydrogens is 557 g/mol. The molecule has 7 nitrogen and oxygen atoms in total. The van der Waals surface area contributed by atoms with Crippen LogP contribution < -0.4 is 9.62 Å². The Balaban J connectivity index is 2.02. The Labute approximate surface area is 240 Å². The number of rotatable bonds is 11. The summed E-state index contributed by atoms with van der Waals surface area (Å²) in [5, 5.41) is 3.57. The van der Waals surface area contributed by atoms with E-state index < -0.39 is 28.5 Å². The fraction of sp³-hybridized carbons (Fsp3) is 0.310. The lowest BCUT2D eigenvalue weighted by atomic mass is 10.1. The van der Waals surface area contributed by atoms with Crippen molar-refractivity contribution in [2.75, 3.05) is 17.4 Å². The number of carbonyl (C=O) groups excluding carboxylic acids is 2. The Morgan fingerprint density at radius 2 is 1.56 bits per heavy atom. The van der Waals surface area contributed by atoms with E-state index >= 15 is 0 Å². The van der Waals surface area contributed by atoms with Gasteiger partial charge in [0.1, 0.15) is 12.6 Å². The van der Waals surface area contributed by atoms with Gasteiger partial charge in [-0.3, -0.25) is 13.9 Å². The molecule has 0 bridgehead atoms. The highest BCUT2D eigenvalue weighted by Gasteiger charge is 2.32. The van der Waals surface area contributed by atoms with Gasteiger partial charge in [0.05, 0.1) is 10.6 Å². The first-order chi connectivity index (χ1) is 18.4. The summed E-state index contributed by atoms with van der Waals surface area (Å²) in [6.45, 7) is 7.56. The first-order valence-corrected chi connectivity index (χ1v) is 14.7. The van der Waals surface area contributed by atoms with Gasteiger partial charge in [-0.25, -0.2) is 8.42 Å². The van der Waals surface area contributed by atoms with Crippen LogP contribution in [0.3, 0.4) is 0 Å². The number of hydrogen-bond donors (Lipinski definition) is 1. The number of aryl methyl sites for hydroxylation is 1. The van der Waals surface area contributed by atoms with Crippen molar-refractivity contribution in [3.05, 3.63) is 94.0 Å². The van der Waals surface area contributed by atoms with Crippen LogP contribution in [0.2, 0.25) is 10.0 Å². The molecule has 208 valence electrons. The summed E-state index contributed by atoms with van der Waals surface area (Å²) in [6, 6.07) is 18.7. The second kappa shape index (κ2) is 13.3. The van der Waals surface area contributed by atoms with E-state index in [1.54, 1.807) is 25.1 Å². The molecule has 2 amide bonds. The summed E-state index contributed by atoms with van der Waals surface area (Å²) < 4.78 is 28.6. The Morgan fingerprint density at radius 3 is 2.18 bits per heavy atom. The number of carbonyl (C=O) groups is 2. The molecule has 0 aliphatic rings. The van der Waals surface area contributed by atoms with Gasteiger partial charge in [0.25, 0.3) is 10.0 Å². The third kappa shape index (κ3) is 7.97. The van der Waals surface area contributed by atoms with Gasteiger partial charge in [-0.05, 0) is 73.4 Å². The number of amides is 2. The number of anilines is 1. The predicted molar refractivity (Wildman–Crippen MR) is 156 cm³/mol. The maximum Gasteiger partial charge on any atom is 0.264 e. The smallest absolute Gasteiger partial charge is 0.264 e. The maximum atomic E-state index is 13.9. The summed E-state index contributed by atoms with van der Waals surface area (Å²) in [4.78, 5) is 28.4. The van der Waals surface area contributed by atoms with Crippen LogP contribution in [0.15, 0.2) is 77.7 Å². The van der Waals surface area contributed by atoms with Crippen molar-refractivity contribution in [2.24, 2.45) is 5.92 Å². The lowest BCUT2D eigenvalue weighted by Gasteiger charge is -2.32. The SMILES string of the molecule is Cc1ccccc1CN(C(=O)CN(c1cccc(Cl)c1)S(=O)(=O)c1ccc(Cl)cc1)[C@H](C)C(=O)NCC(C)C. The third-order valence-corrected chi connectivity index (χ3v) is 8.51. The summed E-state index contributed by atoms with van der Waals surface area (Å²) in [5.74, 6) is -0.632. The largest absolute Gasteiger partial charge is 0.354 e. The van der Waals surface area contributed by atoms with Gasteiger partial charge >= 0.3 is 0 Å². The average molecular weight is 591 g/mol. The van der Waals surface area contributed by atoms with E-state index in [9.17, 15) is 18.0 Å². The monoisotopic (exact) mass is 589 g/mol. The minimum atomic E-state index is -4.20. The molecule has 0 heterocycles. The van der Waals surface area contributed by atoms with Gasteiger partial charge in [-0.15, -0.1) is 0 Å². The van der Waals surface area contributed by atoms with Crippen molar-refractivity contribution in [3.8, 4) is 0 Å². The van der Waals surface area contributed by atoms with Crippen molar-refractivity contribution in [1.29, 1.82) is 0 Å². The minimum Gasteiger partial charge on any atom is -0.354 e. The number of nitrogens with one attached hydrogen (secondary N) is 1. The molecule has 0 radical (unpaired) electrons. The number of benzene rings is 3. The standard InChI is InChI=1S/C29H33Cl2N3O4S/c1-20(2)17-32-29(36)22(4)33(18-23-9-6-5-8-21(23)3)28(35)19-34(26-11-7-10-25(31)16-26)39(37,38)27-14-12-24(30)13-15-27/h5-16,20,22H,17-19H2,1-4H3,(H,32,36)/t22-/m1/s1. The Bertz CT molecular complexity index is 1410. The molecule has 0 saturated carbocycles. The predicted octanol–water partition coefficient (Wildman–Crippen LogP) is 5.69. The van der Waals surface area contributed by atoms with E-state index in [2.05, 4.69) is 5.32 Å². The quantitative estimate of drug-likeness (QED) is 0.311. The van der Waals surface area contributed by atoms with E-state index in [0.29, 0.717) is 16.6 Å². The molecule has 3 aromatic carbocycles. The Morgan fingerprint density at radius 1 is 0.897 bits per heavy atom. The third-order valence-electron chi connectivity index (χ3n) is 6.23. The first kappa shape index (κ1) is 30.5. The zero-order valence-electron chi connectivity index (χ0n) is 22.4. The molecule has 0 aliphatic carbocycles. The second-order valence-electron chi connectivity index (χ2n) is 9.71. The molecule has 3 aromatic rings. The van der Waals surface area contributed by atoms with Crippen molar-refractivity contribution < 1.29 is 18.0 Å². The fourth-order valence-electron chi connectivity index (χ4n) is 3.90. The van der Waals surface area contributed by atoms with E-state index in [0.717, 1.165) is 15.4 Å². The van der Waals surface area contributed by atoms with Gasteiger partial charge in [-0.2, -0.15) is 0 Å². The van der Waals surface area contributed by atoms with Crippen LogP contribution in [0.5, 0.6) is 0 Å². The van der Waals surface area contributed by atoms with Crippen molar-refractivity contribution in [3.63, 3.8) is 0 Å². The van der Waals surface area contributed by atoms with Crippen molar-refractivity contribution >= 4 is 50.7 Å². The maximum absolute atomic E-state index is 13.9. The summed E-state index contributed by atoms with van der Waals surface area (Å²) in [5.41, 5.74) is 2.02. The molecule has 0 spiro atoms. The van der Waals surface area contributed by atoms with Crippen LogP contribution >= 0.6 is 23.2 Å². The first-order valence-electron chi connectivity index (χ1n) is 12.6. The van der Waals surface area contributed by atoms with Gasteiger partial charge in [-0.1, -0.05) is 67.4 Å². The van der Waals surface area contributed by atoms with Gasteiger partial charge in [0, 0.05) is 23.1 Å². The van der Waals surface area contributed by atoms with Crippen LogP contribution in [0.1, 0.15) is 31.9 Å². The highest BCUT2D eigenvalue weighted by atomic mass is 35.5. The zero-order chi connectivity index (χ0) is 28.7. The molecule has 10 heteroatoms. The molecule has 1 N–H and O–H groups in total. The highest BCUT2D eigenvalue weighted by Crippen LogP contribution is 2.27. The molecule has 0 fully saturated rings. The molecule has 1 atom stereocenters. The zero-order valence-corrected chi connectivity index (χ0v) is 24.7. The fourth-order valence-corrected chi connectivity index (χ4v) is 5.62. The lowest BCUT2D eigenvalue weighted by Crippen LogP contribution is -2.51. The second-order valence-corrected chi connectivity index (χ2v) is 12.4. The van der Waals surface area contributed by atoms with Gasteiger partial charge in [0.2, 0.25) is 11.8 Å². The Hall–Kier alpha value is -3.07. The molecule has 0 unspecified atom stereocenters. The normalized spacial score (nSPS) is 12.2. The molecular formula is C29H33Cl2N3O4S. The van der Waals surface area contributed by atoms with Crippen LogP contribution in [-0.2, 0) is 26.2 Å². The van der Waals surface area contributed by atoms with Crippen LogP contribution in [0.25, 0.3) is 0 Å². The van der Waals surface area contributed by atoms with Crippen LogP contribution in [-0.4, -0.2) is 44.3 Å². The van der Waals surface area contributed by atoms with Crippen LogP contribution in [0, 0.1) is 12.8 Å². The van der Waals surface area contributed by atoms with E-state index in [4.69, 9.17) is 23.2 Å².